The second-order valence-corrected chi connectivity index (χ2v) is 6.02. The summed E-state index contributed by atoms with van der Waals surface area (Å²) >= 11 is 5.54. The number of H-pyrrole nitrogens is 1. The predicted octanol–water partition coefficient (Wildman–Crippen LogP) is 3.61. The van der Waals surface area contributed by atoms with Crippen LogP contribution in [0.1, 0.15) is 33.1 Å². The molecule has 1 fully saturated rings. The van der Waals surface area contributed by atoms with Crippen molar-refractivity contribution < 1.29 is 4.74 Å². The molecule has 0 radical (unpaired) electrons. The van der Waals surface area contributed by atoms with Crippen LogP contribution >= 0.6 is 12.2 Å². The van der Waals surface area contributed by atoms with Crippen molar-refractivity contribution in [2.24, 2.45) is 0 Å². The quantitative estimate of drug-likeness (QED) is 0.858. The number of rotatable bonds is 2. The first kappa shape index (κ1) is 13.5. The number of aromatic nitrogens is 2. The Morgan fingerprint density at radius 3 is 2.60 bits per heavy atom. The average Bonchev–Trinajstić information content (AvgIpc) is 2.74. The zero-order valence-corrected chi connectivity index (χ0v) is 13.0. The summed E-state index contributed by atoms with van der Waals surface area (Å²) < 4.78 is 8.26. The number of hydrogen-bond acceptors (Lipinski definition) is 3. The second kappa shape index (κ2) is 5.13. The van der Waals surface area contributed by atoms with E-state index in [0.29, 0.717) is 12.1 Å². The average molecular weight is 291 g/mol. The normalized spacial score (nSPS) is 23.2. The topological polar surface area (TPSA) is 33.2 Å². The molecule has 20 heavy (non-hydrogen) atoms. The SMILES string of the molecule is COc1ccc2[nH]c(=S)n(N3C(C)CCCC3C)c2c1. The molecule has 0 aliphatic carbocycles. The van der Waals surface area contributed by atoms with Gasteiger partial charge in [0.2, 0.25) is 0 Å². The first-order chi connectivity index (χ1) is 9.61. The Kier molecular flexibility index (Phi) is 3.46. The number of imidazole rings is 1. The van der Waals surface area contributed by atoms with E-state index in [-0.39, 0.29) is 0 Å². The fourth-order valence-electron chi connectivity index (χ4n) is 3.23. The van der Waals surface area contributed by atoms with E-state index < -0.39 is 0 Å². The predicted molar refractivity (Wildman–Crippen MR) is 84.7 cm³/mol. The van der Waals surface area contributed by atoms with E-state index in [4.69, 9.17) is 17.0 Å². The molecule has 1 aliphatic heterocycles. The minimum Gasteiger partial charge on any atom is -0.497 e. The maximum absolute atomic E-state index is 5.54. The van der Waals surface area contributed by atoms with E-state index >= 15 is 0 Å². The maximum Gasteiger partial charge on any atom is 0.197 e. The van der Waals surface area contributed by atoms with Crippen LogP contribution in [0.4, 0.5) is 0 Å². The standard InChI is InChI=1S/C15H21N3OS/c1-10-5-4-6-11(2)17(10)18-14-9-12(19-3)7-8-13(14)16-15(18)20/h7-11H,4-6H2,1-3H3,(H,16,20). The molecule has 2 aromatic rings. The van der Waals surface area contributed by atoms with Gasteiger partial charge in [0.25, 0.3) is 0 Å². The van der Waals surface area contributed by atoms with Crippen molar-refractivity contribution in [3.05, 3.63) is 23.0 Å². The van der Waals surface area contributed by atoms with Crippen molar-refractivity contribution >= 4 is 23.3 Å². The van der Waals surface area contributed by atoms with Gasteiger partial charge in [-0.05, 0) is 57.5 Å². The van der Waals surface area contributed by atoms with Crippen molar-refractivity contribution in [1.82, 2.24) is 9.66 Å². The van der Waals surface area contributed by atoms with Gasteiger partial charge < -0.3 is 14.7 Å². The number of aromatic amines is 1. The number of benzene rings is 1. The highest BCUT2D eigenvalue weighted by Gasteiger charge is 2.26. The smallest absolute Gasteiger partial charge is 0.197 e. The molecule has 2 unspecified atom stereocenters. The zero-order valence-electron chi connectivity index (χ0n) is 12.2. The van der Waals surface area contributed by atoms with Crippen LogP contribution in [-0.2, 0) is 0 Å². The Morgan fingerprint density at radius 2 is 1.95 bits per heavy atom. The summed E-state index contributed by atoms with van der Waals surface area (Å²) in [7, 11) is 1.69. The summed E-state index contributed by atoms with van der Waals surface area (Å²) in [4.78, 5) is 3.30. The Morgan fingerprint density at radius 1 is 1.25 bits per heavy atom. The highest BCUT2D eigenvalue weighted by atomic mass is 32.1. The van der Waals surface area contributed by atoms with E-state index in [1.165, 1.54) is 19.3 Å². The highest BCUT2D eigenvalue weighted by Crippen LogP contribution is 2.26. The fraction of sp³-hybridized carbons (Fsp3) is 0.533. The second-order valence-electron chi connectivity index (χ2n) is 5.63. The molecule has 0 amide bonds. The van der Waals surface area contributed by atoms with E-state index in [9.17, 15) is 0 Å². The number of nitrogens with zero attached hydrogens (tertiary/aromatic N) is 2. The summed E-state index contributed by atoms with van der Waals surface area (Å²) in [5.74, 6) is 0.859. The van der Waals surface area contributed by atoms with E-state index in [2.05, 4.69) is 34.6 Å². The molecule has 2 heterocycles. The third-order valence-corrected chi connectivity index (χ3v) is 4.52. The van der Waals surface area contributed by atoms with Gasteiger partial charge in [0.05, 0.1) is 18.1 Å². The van der Waals surface area contributed by atoms with Crippen LogP contribution in [0.5, 0.6) is 5.75 Å². The molecule has 2 atom stereocenters. The van der Waals surface area contributed by atoms with Crippen molar-refractivity contribution in [3.8, 4) is 5.75 Å². The molecule has 1 aromatic carbocycles. The van der Waals surface area contributed by atoms with Gasteiger partial charge in [0, 0.05) is 18.2 Å². The lowest BCUT2D eigenvalue weighted by atomic mass is 10.00. The molecular weight excluding hydrogens is 270 g/mol. The Labute approximate surface area is 124 Å². The summed E-state index contributed by atoms with van der Waals surface area (Å²) in [5, 5.41) is 2.41. The van der Waals surface area contributed by atoms with Gasteiger partial charge in [-0.25, -0.2) is 4.68 Å². The summed E-state index contributed by atoms with van der Waals surface area (Å²) in [6, 6.07) is 7.03. The third-order valence-electron chi connectivity index (χ3n) is 4.24. The van der Waals surface area contributed by atoms with Gasteiger partial charge in [-0.15, -0.1) is 0 Å². The molecule has 0 bridgehead atoms. The number of piperidine rings is 1. The van der Waals surface area contributed by atoms with Crippen LogP contribution in [0, 0.1) is 4.77 Å². The van der Waals surface area contributed by atoms with Gasteiger partial charge in [-0.3, -0.25) is 0 Å². The molecule has 3 rings (SSSR count). The van der Waals surface area contributed by atoms with Crippen molar-refractivity contribution in [2.75, 3.05) is 12.1 Å². The number of hydrogen-bond donors (Lipinski definition) is 1. The number of ether oxygens (including phenoxy) is 1. The maximum atomic E-state index is 5.54. The van der Waals surface area contributed by atoms with Gasteiger partial charge >= 0.3 is 0 Å². The molecule has 1 saturated heterocycles. The largest absolute Gasteiger partial charge is 0.497 e. The lowest BCUT2D eigenvalue weighted by Crippen LogP contribution is -2.50. The number of nitrogens with one attached hydrogen (secondary N) is 1. The minimum atomic E-state index is 0.496. The van der Waals surface area contributed by atoms with Crippen LogP contribution in [0.15, 0.2) is 18.2 Å². The first-order valence-electron chi connectivity index (χ1n) is 7.19. The Bertz CT molecular complexity index is 665. The zero-order chi connectivity index (χ0) is 14.3. The van der Waals surface area contributed by atoms with Crippen molar-refractivity contribution in [2.45, 2.75) is 45.2 Å². The molecule has 0 spiro atoms. The molecule has 0 saturated carbocycles. The monoisotopic (exact) mass is 291 g/mol. The van der Waals surface area contributed by atoms with Crippen LogP contribution in [-0.4, -0.2) is 28.9 Å². The highest BCUT2D eigenvalue weighted by molar-refractivity contribution is 7.71. The number of fused-ring (bicyclic) bond motifs is 1. The van der Waals surface area contributed by atoms with Crippen molar-refractivity contribution in [1.29, 1.82) is 0 Å². The lowest BCUT2D eigenvalue weighted by molar-refractivity contribution is 0.339. The summed E-state index contributed by atoms with van der Waals surface area (Å²) in [5.41, 5.74) is 2.15. The fourth-order valence-corrected chi connectivity index (χ4v) is 3.53. The Hall–Kier alpha value is -1.49. The van der Waals surface area contributed by atoms with Crippen LogP contribution in [0.25, 0.3) is 11.0 Å². The summed E-state index contributed by atoms with van der Waals surface area (Å²) in [6.07, 6.45) is 3.71. The van der Waals surface area contributed by atoms with Gasteiger partial charge in [0.1, 0.15) is 5.75 Å². The Balaban J connectivity index is 2.18. The third kappa shape index (κ3) is 2.10. The molecule has 1 aliphatic rings. The van der Waals surface area contributed by atoms with Crippen LogP contribution < -0.4 is 9.75 Å². The number of methoxy groups -OCH3 is 1. The molecule has 108 valence electrons. The molecule has 4 nitrogen and oxygen atoms in total. The molecule has 5 heteroatoms. The van der Waals surface area contributed by atoms with E-state index in [0.717, 1.165) is 21.6 Å². The van der Waals surface area contributed by atoms with Gasteiger partial charge in [-0.1, -0.05) is 0 Å². The minimum absolute atomic E-state index is 0.496. The van der Waals surface area contributed by atoms with E-state index in [1.54, 1.807) is 7.11 Å². The summed E-state index contributed by atoms with van der Waals surface area (Å²) in [6.45, 7) is 4.55. The van der Waals surface area contributed by atoms with E-state index in [1.807, 2.05) is 12.1 Å². The van der Waals surface area contributed by atoms with Crippen LogP contribution in [0.2, 0.25) is 0 Å². The molecule has 1 aromatic heterocycles. The van der Waals surface area contributed by atoms with Crippen molar-refractivity contribution in [3.63, 3.8) is 0 Å². The molecule has 1 N–H and O–H groups in total. The first-order valence-corrected chi connectivity index (χ1v) is 7.60. The lowest BCUT2D eigenvalue weighted by Gasteiger charge is -2.41. The molecular formula is C15H21N3OS. The van der Waals surface area contributed by atoms with Gasteiger partial charge in [0.15, 0.2) is 4.77 Å². The van der Waals surface area contributed by atoms with Crippen LogP contribution in [0.3, 0.4) is 0 Å². The van der Waals surface area contributed by atoms with Gasteiger partial charge in [-0.2, -0.15) is 0 Å².